The van der Waals surface area contributed by atoms with Gasteiger partial charge in [-0.25, -0.2) is 0 Å². The lowest BCUT2D eigenvalue weighted by atomic mass is 9.65. The van der Waals surface area contributed by atoms with Gasteiger partial charge in [0.1, 0.15) is 6.04 Å². The monoisotopic (exact) mass is 332 g/mol. The van der Waals surface area contributed by atoms with Crippen LogP contribution in [0.3, 0.4) is 0 Å². The molecule has 0 radical (unpaired) electrons. The molecule has 0 bridgehead atoms. The largest absolute Gasteiger partial charge is 0.354 e. The highest BCUT2D eigenvalue weighted by atomic mass is 16.2. The van der Waals surface area contributed by atoms with E-state index in [1.165, 1.54) is 18.4 Å². The first-order chi connectivity index (χ1) is 11.3. The Labute approximate surface area is 146 Å². The van der Waals surface area contributed by atoms with Crippen LogP contribution in [-0.4, -0.2) is 24.4 Å². The van der Waals surface area contributed by atoms with Gasteiger partial charge in [-0.05, 0) is 63.7 Å². The minimum atomic E-state index is -0.378. The van der Waals surface area contributed by atoms with Crippen LogP contribution in [0, 0.1) is 11.3 Å². The molecule has 1 heterocycles. The third-order valence-electron chi connectivity index (χ3n) is 6.06. The van der Waals surface area contributed by atoms with E-state index >= 15 is 0 Å². The first kappa shape index (κ1) is 18.8. The van der Waals surface area contributed by atoms with E-state index < -0.39 is 0 Å². The summed E-state index contributed by atoms with van der Waals surface area (Å²) < 4.78 is 0. The van der Waals surface area contributed by atoms with Gasteiger partial charge >= 0.3 is 0 Å². The predicted octanol–water partition coefficient (Wildman–Crippen LogP) is 3.49. The third-order valence-corrected chi connectivity index (χ3v) is 6.06. The highest BCUT2D eigenvalue weighted by Crippen LogP contribution is 2.45. The second kappa shape index (κ2) is 8.00. The maximum atomic E-state index is 12.1. The minimum absolute atomic E-state index is 0.0649. The van der Waals surface area contributed by atoms with Crippen LogP contribution in [0.5, 0.6) is 0 Å². The number of hydrogen-bond acceptors (Lipinski definition) is 2. The number of allylic oxidation sites excluding steroid dienone is 3. The summed E-state index contributed by atoms with van der Waals surface area (Å²) in [5.41, 5.74) is 2.79. The molecular weight excluding hydrogens is 300 g/mol. The molecule has 134 valence electrons. The van der Waals surface area contributed by atoms with E-state index in [9.17, 15) is 9.59 Å². The van der Waals surface area contributed by atoms with Crippen molar-refractivity contribution in [2.24, 2.45) is 11.3 Å². The number of carbonyl (C=O) groups excluding carboxylic acids is 2. The Bertz CT molecular complexity index is 550. The van der Waals surface area contributed by atoms with Crippen LogP contribution in [0.4, 0.5) is 0 Å². The summed E-state index contributed by atoms with van der Waals surface area (Å²) in [5.74, 6) is 0.462. The molecule has 0 aromatic carbocycles. The lowest BCUT2D eigenvalue weighted by Gasteiger charge is -2.40. The van der Waals surface area contributed by atoms with Gasteiger partial charge in [0.05, 0.1) is 0 Å². The van der Waals surface area contributed by atoms with Crippen molar-refractivity contribution in [1.82, 2.24) is 10.6 Å². The third kappa shape index (κ3) is 4.49. The number of carbonyl (C=O) groups is 2. The highest BCUT2D eigenvalue weighted by Gasteiger charge is 2.34. The molecule has 3 atom stereocenters. The molecule has 1 fully saturated rings. The first-order valence-electron chi connectivity index (χ1n) is 9.25. The molecule has 1 unspecified atom stereocenters. The Morgan fingerprint density at radius 3 is 2.88 bits per heavy atom. The Balaban J connectivity index is 1.89. The van der Waals surface area contributed by atoms with E-state index in [0.29, 0.717) is 12.5 Å². The van der Waals surface area contributed by atoms with Crippen LogP contribution < -0.4 is 10.6 Å². The molecule has 2 aliphatic rings. The van der Waals surface area contributed by atoms with Crippen LogP contribution in [0.1, 0.15) is 66.2 Å². The van der Waals surface area contributed by atoms with Crippen LogP contribution in [-0.2, 0) is 9.59 Å². The fourth-order valence-electron chi connectivity index (χ4n) is 3.81. The van der Waals surface area contributed by atoms with Gasteiger partial charge in [-0.15, -0.1) is 0 Å². The number of rotatable bonds is 5. The second-order valence-corrected chi connectivity index (χ2v) is 7.77. The van der Waals surface area contributed by atoms with Gasteiger partial charge < -0.3 is 10.6 Å². The standard InChI is InChI=1S/C20H32N2O2/c1-14(10-11-20(4)15(2)7-5-8-16(20)3)13-18(23)22-17-9-6-12-21-19(17)24/h7,13,16-17H,5-6,8-12H2,1-4H3,(H,21,24)(H,22,23)/b14-13+/t16-,17?,20-/m1/s1. The average Bonchev–Trinajstić information content (AvgIpc) is 2.53. The van der Waals surface area contributed by atoms with Gasteiger partial charge in [0.2, 0.25) is 11.8 Å². The van der Waals surface area contributed by atoms with Gasteiger partial charge in [0.15, 0.2) is 0 Å². The molecule has 1 aliphatic heterocycles. The summed E-state index contributed by atoms with van der Waals surface area (Å²) in [5, 5.41) is 5.62. The second-order valence-electron chi connectivity index (χ2n) is 7.77. The Morgan fingerprint density at radius 2 is 2.21 bits per heavy atom. The lowest BCUT2D eigenvalue weighted by Crippen LogP contribution is -2.49. The van der Waals surface area contributed by atoms with Crippen molar-refractivity contribution in [3.8, 4) is 0 Å². The summed E-state index contributed by atoms with van der Waals surface area (Å²) in [7, 11) is 0. The van der Waals surface area contributed by atoms with E-state index in [1.807, 2.05) is 6.92 Å². The number of amides is 2. The Morgan fingerprint density at radius 1 is 1.46 bits per heavy atom. The zero-order chi connectivity index (χ0) is 17.7. The molecule has 0 spiro atoms. The maximum absolute atomic E-state index is 12.1. The maximum Gasteiger partial charge on any atom is 0.244 e. The van der Waals surface area contributed by atoms with Crippen molar-refractivity contribution in [1.29, 1.82) is 0 Å². The van der Waals surface area contributed by atoms with Crippen molar-refractivity contribution in [3.63, 3.8) is 0 Å². The van der Waals surface area contributed by atoms with Gasteiger partial charge in [-0.1, -0.05) is 31.1 Å². The van der Waals surface area contributed by atoms with E-state index in [2.05, 4.69) is 37.5 Å². The Kier molecular flexibility index (Phi) is 6.25. The van der Waals surface area contributed by atoms with Crippen molar-refractivity contribution < 1.29 is 9.59 Å². The summed E-state index contributed by atoms with van der Waals surface area (Å²) in [6.45, 7) is 9.65. The number of piperidine rings is 1. The van der Waals surface area contributed by atoms with Crippen molar-refractivity contribution in [2.75, 3.05) is 6.54 Å². The highest BCUT2D eigenvalue weighted by molar-refractivity contribution is 5.93. The van der Waals surface area contributed by atoms with Crippen molar-refractivity contribution in [2.45, 2.75) is 72.3 Å². The molecule has 4 heteroatoms. The molecule has 0 aromatic heterocycles. The molecule has 0 aromatic rings. The van der Waals surface area contributed by atoms with Crippen LogP contribution in [0.25, 0.3) is 0 Å². The molecule has 1 aliphatic carbocycles. The van der Waals surface area contributed by atoms with Gasteiger partial charge in [0, 0.05) is 12.6 Å². The molecule has 2 N–H and O–H groups in total. The van der Waals surface area contributed by atoms with E-state index in [4.69, 9.17) is 0 Å². The summed E-state index contributed by atoms with van der Waals surface area (Å²) in [6.07, 6.45) is 10.1. The lowest BCUT2D eigenvalue weighted by molar-refractivity contribution is -0.128. The molecule has 2 rings (SSSR count). The van der Waals surface area contributed by atoms with Gasteiger partial charge in [-0.3, -0.25) is 9.59 Å². The van der Waals surface area contributed by atoms with Crippen LogP contribution in [0.15, 0.2) is 23.3 Å². The van der Waals surface area contributed by atoms with Gasteiger partial charge in [0.25, 0.3) is 0 Å². The van der Waals surface area contributed by atoms with E-state index in [1.54, 1.807) is 6.08 Å². The first-order valence-corrected chi connectivity index (χ1v) is 9.25. The summed E-state index contributed by atoms with van der Waals surface area (Å²) in [4.78, 5) is 23.9. The molecule has 4 nitrogen and oxygen atoms in total. The average molecular weight is 332 g/mol. The summed E-state index contributed by atoms with van der Waals surface area (Å²) in [6, 6.07) is -0.378. The fraction of sp³-hybridized carbons (Fsp3) is 0.700. The zero-order valence-electron chi connectivity index (χ0n) is 15.6. The minimum Gasteiger partial charge on any atom is -0.354 e. The molecule has 2 amide bonds. The molecule has 24 heavy (non-hydrogen) atoms. The van der Waals surface area contributed by atoms with Gasteiger partial charge in [-0.2, -0.15) is 0 Å². The quantitative estimate of drug-likeness (QED) is 0.598. The fourth-order valence-corrected chi connectivity index (χ4v) is 3.81. The normalized spacial score (nSPS) is 31.2. The number of hydrogen-bond donors (Lipinski definition) is 2. The molecular formula is C20H32N2O2. The zero-order valence-corrected chi connectivity index (χ0v) is 15.6. The molecule has 1 saturated heterocycles. The van der Waals surface area contributed by atoms with E-state index in [0.717, 1.165) is 31.3 Å². The topological polar surface area (TPSA) is 58.2 Å². The summed E-state index contributed by atoms with van der Waals surface area (Å²) >= 11 is 0. The van der Waals surface area contributed by atoms with E-state index in [-0.39, 0.29) is 23.3 Å². The number of nitrogens with one attached hydrogen (secondary N) is 2. The van der Waals surface area contributed by atoms with Crippen molar-refractivity contribution >= 4 is 11.8 Å². The SMILES string of the molecule is CC1=CCC[C@@H](C)[C@]1(C)CC/C(C)=C/C(=O)NC1CCCNC1=O. The Hall–Kier alpha value is -1.58. The smallest absolute Gasteiger partial charge is 0.244 e. The predicted molar refractivity (Wildman–Crippen MR) is 97.4 cm³/mol. The van der Waals surface area contributed by atoms with Crippen molar-refractivity contribution in [3.05, 3.63) is 23.3 Å². The molecule has 0 saturated carbocycles. The van der Waals surface area contributed by atoms with Crippen LogP contribution >= 0.6 is 0 Å². The van der Waals surface area contributed by atoms with Crippen LogP contribution in [0.2, 0.25) is 0 Å².